The molecule has 0 fully saturated rings. The molecule has 2 heterocycles. The normalized spacial score (nSPS) is 11.9. The Bertz CT molecular complexity index is 803. The van der Waals surface area contributed by atoms with Crippen molar-refractivity contribution in [2.75, 3.05) is 6.61 Å². The second-order valence-corrected chi connectivity index (χ2v) is 5.61. The first-order valence-corrected chi connectivity index (χ1v) is 8.11. The van der Waals surface area contributed by atoms with Crippen molar-refractivity contribution in [3.63, 3.8) is 0 Å². The van der Waals surface area contributed by atoms with Crippen LogP contribution in [-0.4, -0.2) is 27.8 Å². The van der Waals surface area contributed by atoms with Crippen LogP contribution in [0.25, 0.3) is 11.3 Å². The number of nitrogens with one attached hydrogen (secondary N) is 1. The number of hydrogen-bond acceptors (Lipinski definition) is 5. The maximum atomic E-state index is 12.5. The van der Waals surface area contributed by atoms with E-state index < -0.39 is 0 Å². The standard InChI is InChI=1S/C19H19N3O3/c23-12-4-7-16(14-5-2-1-3-6-14)21-19(24)17-13-18(25-22-17)15-8-10-20-11-9-15/h1-3,5-6,8-11,13,16,23H,4,7,12H2,(H,21,24). The lowest BCUT2D eigenvalue weighted by atomic mass is 10.0. The number of nitrogens with zero attached hydrogens (tertiary/aromatic N) is 2. The van der Waals surface area contributed by atoms with Gasteiger partial charge < -0.3 is 14.9 Å². The summed E-state index contributed by atoms with van der Waals surface area (Å²) < 4.78 is 5.26. The molecule has 25 heavy (non-hydrogen) atoms. The van der Waals surface area contributed by atoms with Crippen molar-refractivity contribution in [3.8, 4) is 11.3 Å². The quantitative estimate of drug-likeness (QED) is 0.692. The Labute approximate surface area is 145 Å². The van der Waals surface area contributed by atoms with E-state index in [1.807, 2.05) is 30.3 Å². The third-order valence-electron chi connectivity index (χ3n) is 3.87. The summed E-state index contributed by atoms with van der Waals surface area (Å²) in [5.41, 5.74) is 2.01. The van der Waals surface area contributed by atoms with E-state index in [4.69, 9.17) is 9.63 Å². The monoisotopic (exact) mass is 337 g/mol. The summed E-state index contributed by atoms with van der Waals surface area (Å²) in [6.07, 6.45) is 4.54. The number of aromatic nitrogens is 2. The van der Waals surface area contributed by atoms with Crippen molar-refractivity contribution >= 4 is 5.91 Å². The number of aliphatic hydroxyl groups excluding tert-OH is 1. The SMILES string of the molecule is O=C(NC(CCCO)c1ccccc1)c1cc(-c2ccncc2)on1. The molecule has 0 aliphatic rings. The zero-order valence-electron chi connectivity index (χ0n) is 13.6. The van der Waals surface area contributed by atoms with Gasteiger partial charge in [0.1, 0.15) is 0 Å². The molecule has 6 heteroatoms. The number of aliphatic hydroxyl groups is 1. The van der Waals surface area contributed by atoms with Crippen LogP contribution in [0, 0.1) is 0 Å². The van der Waals surface area contributed by atoms with Gasteiger partial charge in [0.2, 0.25) is 0 Å². The summed E-state index contributed by atoms with van der Waals surface area (Å²) >= 11 is 0. The van der Waals surface area contributed by atoms with Crippen LogP contribution in [-0.2, 0) is 0 Å². The molecule has 1 unspecified atom stereocenters. The zero-order chi connectivity index (χ0) is 17.5. The molecular weight excluding hydrogens is 318 g/mol. The number of rotatable bonds is 7. The fourth-order valence-corrected chi connectivity index (χ4v) is 2.57. The highest BCUT2D eigenvalue weighted by atomic mass is 16.5. The smallest absolute Gasteiger partial charge is 0.273 e. The number of hydrogen-bond donors (Lipinski definition) is 2. The molecule has 6 nitrogen and oxygen atoms in total. The van der Waals surface area contributed by atoms with E-state index in [1.165, 1.54) is 0 Å². The van der Waals surface area contributed by atoms with Crippen LogP contribution in [0.2, 0.25) is 0 Å². The first-order valence-electron chi connectivity index (χ1n) is 8.11. The van der Waals surface area contributed by atoms with Gasteiger partial charge in [0.05, 0.1) is 6.04 Å². The lowest BCUT2D eigenvalue weighted by Crippen LogP contribution is -2.29. The molecule has 0 aliphatic carbocycles. The number of amides is 1. The molecule has 1 aromatic carbocycles. The van der Waals surface area contributed by atoms with Gasteiger partial charge in [0.15, 0.2) is 11.5 Å². The predicted molar refractivity (Wildman–Crippen MR) is 92.7 cm³/mol. The highest BCUT2D eigenvalue weighted by Crippen LogP contribution is 2.21. The van der Waals surface area contributed by atoms with E-state index in [2.05, 4.69) is 15.5 Å². The molecule has 0 aliphatic heterocycles. The Morgan fingerprint density at radius 2 is 1.92 bits per heavy atom. The minimum Gasteiger partial charge on any atom is -0.396 e. The first kappa shape index (κ1) is 16.9. The molecule has 2 N–H and O–H groups in total. The molecule has 128 valence electrons. The van der Waals surface area contributed by atoms with Gasteiger partial charge in [-0.25, -0.2) is 0 Å². The van der Waals surface area contributed by atoms with Crippen LogP contribution in [0.15, 0.2) is 65.4 Å². The van der Waals surface area contributed by atoms with Crippen LogP contribution >= 0.6 is 0 Å². The van der Waals surface area contributed by atoms with E-state index in [0.717, 1.165) is 11.1 Å². The van der Waals surface area contributed by atoms with Crippen LogP contribution in [0.1, 0.15) is 34.9 Å². The molecule has 3 aromatic rings. The Hall–Kier alpha value is -2.99. The average molecular weight is 337 g/mol. The Morgan fingerprint density at radius 3 is 2.64 bits per heavy atom. The minimum absolute atomic E-state index is 0.0787. The highest BCUT2D eigenvalue weighted by Gasteiger charge is 2.19. The molecule has 0 saturated carbocycles. The van der Waals surface area contributed by atoms with E-state index in [9.17, 15) is 4.79 Å². The molecule has 2 aromatic heterocycles. The maximum Gasteiger partial charge on any atom is 0.273 e. The lowest BCUT2D eigenvalue weighted by molar-refractivity contribution is 0.0923. The summed E-state index contributed by atoms with van der Waals surface area (Å²) in [5.74, 6) is 0.204. The third kappa shape index (κ3) is 4.30. The van der Waals surface area contributed by atoms with E-state index in [-0.39, 0.29) is 24.2 Å². The summed E-state index contributed by atoms with van der Waals surface area (Å²) in [4.78, 5) is 16.5. The Kier molecular flexibility index (Phi) is 5.53. The third-order valence-corrected chi connectivity index (χ3v) is 3.87. The summed E-state index contributed by atoms with van der Waals surface area (Å²) in [6.45, 7) is 0.0787. The van der Waals surface area contributed by atoms with Crippen LogP contribution in [0.4, 0.5) is 0 Å². The molecule has 0 bridgehead atoms. The second-order valence-electron chi connectivity index (χ2n) is 5.61. The van der Waals surface area contributed by atoms with E-state index >= 15 is 0 Å². The molecule has 1 atom stereocenters. The van der Waals surface area contributed by atoms with Crippen molar-refractivity contribution < 1.29 is 14.4 Å². The van der Waals surface area contributed by atoms with Crippen LogP contribution < -0.4 is 5.32 Å². The molecule has 0 radical (unpaired) electrons. The van der Waals surface area contributed by atoms with Crippen LogP contribution in [0.5, 0.6) is 0 Å². The van der Waals surface area contributed by atoms with Gasteiger partial charge >= 0.3 is 0 Å². The van der Waals surface area contributed by atoms with Crippen LogP contribution in [0.3, 0.4) is 0 Å². The maximum absolute atomic E-state index is 12.5. The molecule has 1 amide bonds. The molecule has 0 saturated heterocycles. The Morgan fingerprint density at radius 1 is 1.16 bits per heavy atom. The van der Waals surface area contributed by atoms with Crippen molar-refractivity contribution in [3.05, 3.63) is 72.2 Å². The van der Waals surface area contributed by atoms with Crippen molar-refractivity contribution in [2.45, 2.75) is 18.9 Å². The van der Waals surface area contributed by atoms with Gasteiger partial charge in [-0.15, -0.1) is 0 Å². The number of benzene rings is 1. The van der Waals surface area contributed by atoms with Crippen molar-refractivity contribution in [1.29, 1.82) is 0 Å². The topological polar surface area (TPSA) is 88.2 Å². The largest absolute Gasteiger partial charge is 0.396 e. The number of carbonyl (C=O) groups excluding carboxylic acids is 1. The molecule has 0 spiro atoms. The van der Waals surface area contributed by atoms with Gasteiger partial charge in [-0.1, -0.05) is 35.5 Å². The van der Waals surface area contributed by atoms with Crippen molar-refractivity contribution in [1.82, 2.24) is 15.5 Å². The summed E-state index contributed by atoms with van der Waals surface area (Å²) in [7, 11) is 0. The Balaban J connectivity index is 1.74. The fraction of sp³-hybridized carbons (Fsp3) is 0.211. The summed E-state index contributed by atoms with van der Waals surface area (Å²) in [5, 5.41) is 15.9. The van der Waals surface area contributed by atoms with Gasteiger partial charge in [0, 0.05) is 30.6 Å². The predicted octanol–water partition coefficient (Wildman–Crippen LogP) is 2.98. The number of carbonyl (C=O) groups is 1. The van der Waals surface area contributed by atoms with Crippen molar-refractivity contribution in [2.24, 2.45) is 0 Å². The summed E-state index contributed by atoms with van der Waals surface area (Å²) in [6, 6.07) is 14.7. The number of pyridine rings is 1. The fourth-order valence-electron chi connectivity index (χ4n) is 2.57. The molecule has 3 rings (SSSR count). The highest BCUT2D eigenvalue weighted by molar-refractivity contribution is 5.93. The molecular formula is C19H19N3O3. The average Bonchev–Trinajstić information content (AvgIpc) is 3.17. The van der Waals surface area contributed by atoms with Gasteiger partial charge in [0.25, 0.3) is 5.91 Å². The van der Waals surface area contributed by atoms with Gasteiger partial charge in [-0.3, -0.25) is 9.78 Å². The zero-order valence-corrected chi connectivity index (χ0v) is 13.6. The minimum atomic E-state index is -0.309. The van der Waals surface area contributed by atoms with Gasteiger partial charge in [-0.2, -0.15) is 0 Å². The van der Waals surface area contributed by atoms with E-state index in [1.54, 1.807) is 30.6 Å². The lowest BCUT2D eigenvalue weighted by Gasteiger charge is -2.18. The second kappa shape index (κ2) is 8.21. The first-order chi connectivity index (χ1) is 12.3. The van der Waals surface area contributed by atoms with Gasteiger partial charge in [-0.05, 0) is 30.5 Å². The van der Waals surface area contributed by atoms with E-state index in [0.29, 0.717) is 18.6 Å².